The largest absolute Gasteiger partial charge is 0.381 e. The maximum atomic E-state index is 4.53. The fourth-order valence-electron chi connectivity index (χ4n) is 2.17. The van der Waals surface area contributed by atoms with Gasteiger partial charge in [-0.25, -0.2) is 4.98 Å². The maximum Gasteiger partial charge on any atom is 0.128 e. The van der Waals surface area contributed by atoms with Crippen molar-refractivity contribution in [2.45, 2.75) is 53.0 Å². The van der Waals surface area contributed by atoms with Crippen LogP contribution in [0.4, 0.5) is 11.5 Å². The highest BCUT2D eigenvalue weighted by Gasteiger charge is 2.06. The number of nitrogens with one attached hydrogen (secondary N) is 1. The fourth-order valence-corrected chi connectivity index (χ4v) is 2.17. The molecule has 1 atom stereocenters. The lowest BCUT2D eigenvalue weighted by molar-refractivity contribution is 0.622. The van der Waals surface area contributed by atoms with Crippen molar-refractivity contribution < 1.29 is 0 Å². The second-order valence-electron chi connectivity index (χ2n) is 4.62. The number of aromatic nitrogens is 1. The number of hydrogen-bond donors (Lipinski definition) is 1. The Kier molecular flexibility index (Phi) is 6.55. The van der Waals surface area contributed by atoms with Crippen molar-refractivity contribution in [1.82, 2.24) is 4.98 Å². The smallest absolute Gasteiger partial charge is 0.128 e. The van der Waals surface area contributed by atoms with Crippen LogP contribution < -0.4 is 10.2 Å². The lowest BCUT2D eigenvalue weighted by Crippen LogP contribution is -2.23. The molecule has 0 aliphatic carbocycles. The van der Waals surface area contributed by atoms with Crippen LogP contribution in [0.15, 0.2) is 18.3 Å². The first-order chi connectivity index (χ1) is 8.74. The second kappa shape index (κ2) is 7.96. The second-order valence-corrected chi connectivity index (χ2v) is 4.62. The molecule has 0 saturated heterocycles. The average Bonchev–Trinajstić information content (AvgIpc) is 2.41. The maximum absolute atomic E-state index is 4.53. The predicted molar refractivity (Wildman–Crippen MR) is 80.4 cm³/mol. The van der Waals surface area contributed by atoms with Gasteiger partial charge in [0.15, 0.2) is 0 Å². The fraction of sp³-hybridized carbons (Fsp3) is 0.667. The minimum atomic E-state index is 0.566. The first-order valence-corrected chi connectivity index (χ1v) is 7.22. The molecule has 3 heteroatoms. The van der Waals surface area contributed by atoms with Gasteiger partial charge in [0.05, 0.1) is 11.9 Å². The Hall–Kier alpha value is -1.25. The molecule has 1 aromatic heterocycles. The Balaban J connectivity index is 2.64. The zero-order valence-corrected chi connectivity index (χ0v) is 12.2. The van der Waals surface area contributed by atoms with Crippen LogP contribution >= 0.6 is 0 Å². The zero-order chi connectivity index (χ0) is 13.4. The minimum absolute atomic E-state index is 0.566. The zero-order valence-electron chi connectivity index (χ0n) is 12.2. The summed E-state index contributed by atoms with van der Waals surface area (Å²) in [5.74, 6) is 1.06. The average molecular weight is 249 g/mol. The summed E-state index contributed by atoms with van der Waals surface area (Å²) in [4.78, 5) is 6.79. The van der Waals surface area contributed by atoms with E-state index in [4.69, 9.17) is 0 Å². The van der Waals surface area contributed by atoms with Gasteiger partial charge in [0.1, 0.15) is 5.82 Å². The van der Waals surface area contributed by atoms with Crippen molar-refractivity contribution in [1.29, 1.82) is 0 Å². The summed E-state index contributed by atoms with van der Waals surface area (Å²) in [6.45, 7) is 10.8. The van der Waals surface area contributed by atoms with Gasteiger partial charge in [-0.3, -0.25) is 0 Å². The number of nitrogens with zero attached hydrogens (tertiary/aromatic N) is 2. The molecule has 0 aliphatic rings. The lowest BCUT2D eigenvalue weighted by Gasteiger charge is -2.21. The van der Waals surface area contributed by atoms with Crippen molar-refractivity contribution in [3.63, 3.8) is 0 Å². The molecule has 0 amide bonds. The molecule has 0 bridgehead atoms. The molecule has 3 nitrogen and oxygen atoms in total. The van der Waals surface area contributed by atoms with E-state index in [-0.39, 0.29) is 0 Å². The van der Waals surface area contributed by atoms with Crippen molar-refractivity contribution in [2.24, 2.45) is 0 Å². The summed E-state index contributed by atoms with van der Waals surface area (Å²) < 4.78 is 0. The van der Waals surface area contributed by atoms with Gasteiger partial charge in [-0.15, -0.1) is 0 Å². The van der Waals surface area contributed by atoms with E-state index < -0.39 is 0 Å². The van der Waals surface area contributed by atoms with Gasteiger partial charge < -0.3 is 10.2 Å². The quantitative estimate of drug-likeness (QED) is 0.757. The van der Waals surface area contributed by atoms with E-state index in [0.717, 1.165) is 31.0 Å². The Morgan fingerprint density at radius 3 is 2.33 bits per heavy atom. The Labute approximate surface area is 112 Å². The van der Waals surface area contributed by atoms with Gasteiger partial charge in [0.25, 0.3) is 0 Å². The highest BCUT2D eigenvalue weighted by Crippen LogP contribution is 2.16. The molecule has 1 unspecified atom stereocenters. The van der Waals surface area contributed by atoms with Crippen LogP contribution in [0, 0.1) is 0 Å². The third kappa shape index (κ3) is 4.21. The summed E-state index contributed by atoms with van der Waals surface area (Å²) in [5.41, 5.74) is 1.13. The Bertz CT molecular complexity index is 317. The van der Waals surface area contributed by atoms with Gasteiger partial charge in [0, 0.05) is 19.1 Å². The van der Waals surface area contributed by atoms with Crippen LogP contribution in [-0.4, -0.2) is 24.1 Å². The van der Waals surface area contributed by atoms with Crippen LogP contribution in [0.25, 0.3) is 0 Å². The van der Waals surface area contributed by atoms with Gasteiger partial charge in [0.2, 0.25) is 0 Å². The number of anilines is 2. The molecule has 1 rings (SSSR count). The molecule has 18 heavy (non-hydrogen) atoms. The normalized spacial score (nSPS) is 12.2. The molecular weight excluding hydrogens is 222 g/mol. The van der Waals surface area contributed by atoms with E-state index >= 15 is 0 Å². The van der Waals surface area contributed by atoms with Crippen molar-refractivity contribution in [3.8, 4) is 0 Å². The molecule has 0 fully saturated rings. The summed E-state index contributed by atoms with van der Waals surface area (Å²) in [6.07, 6.45) is 5.54. The summed E-state index contributed by atoms with van der Waals surface area (Å²) in [7, 11) is 0. The van der Waals surface area contributed by atoms with Gasteiger partial charge in [-0.05, 0) is 38.8 Å². The molecule has 1 N–H and O–H groups in total. The third-order valence-corrected chi connectivity index (χ3v) is 3.34. The first-order valence-electron chi connectivity index (χ1n) is 7.22. The standard InChI is InChI=1S/C15H27N3/c1-5-9-13(6-2)17-14-10-11-15(16-12-14)18(7-3)8-4/h10-13,17H,5-9H2,1-4H3. The minimum Gasteiger partial charge on any atom is -0.381 e. The Morgan fingerprint density at radius 1 is 1.17 bits per heavy atom. The van der Waals surface area contributed by atoms with Crippen molar-refractivity contribution in [3.05, 3.63) is 18.3 Å². The number of pyridine rings is 1. The monoisotopic (exact) mass is 249 g/mol. The van der Waals surface area contributed by atoms with Crippen LogP contribution in [0.2, 0.25) is 0 Å². The SMILES string of the molecule is CCCC(CC)Nc1ccc(N(CC)CC)nc1. The van der Waals surface area contributed by atoms with Crippen molar-refractivity contribution >= 4 is 11.5 Å². The van der Waals surface area contributed by atoms with Gasteiger partial charge in [-0.1, -0.05) is 20.3 Å². The van der Waals surface area contributed by atoms with Crippen LogP contribution in [0.5, 0.6) is 0 Å². The van der Waals surface area contributed by atoms with Crippen LogP contribution in [0.3, 0.4) is 0 Å². The molecule has 0 aromatic carbocycles. The molecule has 0 spiro atoms. The van der Waals surface area contributed by atoms with Crippen LogP contribution in [0.1, 0.15) is 47.0 Å². The topological polar surface area (TPSA) is 28.2 Å². The summed E-state index contributed by atoms with van der Waals surface area (Å²) in [5, 5.41) is 3.55. The summed E-state index contributed by atoms with van der Waals surface area (Å²) >= 11 is 0. The Morgan fingerprint density at radius 2 is 1.89 bits per heavy atom. The van der Waals surface area contributed by atoms with E-state index in [1.807, 2.05) is 6.20 Å². The lowest BCUT2D eigenvalue weighted by atomic mass is 10.1. The van der Waals surface area contributed by atoms with E-state index in [2.05, 4.69) is 55.0 Å². The number of hydrogen-bond acceptors (Lipinski definition) is 3. The van der Waals surface area contributed by atoms with E-state index in [0.29, 0.717) is 6.04 Å². The molecular formula is C15H27N3. The van der Waals surface area contributed by atoms with Gasteiger partial charge >= 0.3 is 0 Å². The molecule has 0 aliphatic heterocycles. The highest BCUT2D eigenvalue weighted by molar-refractivity contribution is 5.49. The molecule has 0 radical (unpaired) electrons. The molecule has 102 valence electrons. The molecule has 1 heterocycles. The number of rotatable bonds is 8. The molecule has 0 saturated carbocycles. The van der Waals surface area contributed by atoms with E-state index in [9.17, 15) is 0 Å². The molecule has 1 aromatic rings. The van der Waals surface area contributed by atoms with Crippen LogP contribution in [-0.2, 0) is 0 Å². The highest BCUT2D eigenvalue weighted by atomic mass is 15.2. The summed E-state index contributed by atoms with van der Waals surface area (Å²) in [6, 6.07) is 4.81. The predicted octanol–water partition coefficient (Wildman–Crippen LogP) is 3.92. The van der Waals surface area contributed by atoms with Gasteiger partial charge in [-0.2, -0.15) is 0 Å². The van der Waals surface area contributed by atoms with Crippen molar-refractivity contribution in [2.75, 3.05) is 23.3 Å². The van der Waals surface area contributed by atoms with E-state index in [1.165, 1.54) is 12.8 Å². The van der Waals surface area contributed by atoms with E-state index in [1.54, 1.807) is 0 Å². The first kappa shape index (κ1) is 14.8. The third-order valence-electron chi connectivity index (χ3n) is 3.34.